The summed E-state index contributed by atoms with van der Waals surface area (Å²) in [5.74, 6) is 0.339. The Morgan fingerprint density at radius 3 is 1.54 bits per heavy atom. The van der Waals surface area contributed by atoms with Gasteiger partial charge in [-0.3, -0.25) is 4.79 Å². The van der Waals surface area contributed by atoms with E-state index in [1.807, 2.05) is 0 Å². The first-order valence-corrected chi connectivity index (χ1v) is 10.1. The lowest BCUT2D eigenvalue weighted by molar-refractivity contribution is -0.128. The first kappa shape index (κ1) is 17.5. The number of aryl methyl sites for hydroxylation is 2. The zero-order chi connectivity index (χ0) is 18.5. The molecule has 2 aromatic carbocycles. The van der Waals surface area contributed by atoms with Gasteiger partial charge in [-0.25, -0.2) is 0 Å². The first-order valence-electron chi connectivity index (χ1n) is 10.1. The highest BCUT2D eigenvalue weighted by molar-refractivity contribution is 5.98. The maximum absolute atomic E-state index is 13.9. The van der Waals surface area contributed by atoms with Crippen molar-refractivity contribution in [1.29, 1.82) is 0 Å². The highest BCUT2D eigenvalue weighted by Crippen LogP contribution is 2.41. The van der Waals surface area contributed by atoms with Gasteiger partial charge in [0.15, 0.2) is 5.78 Å². The van der Waals surface area contributed by atoms with Crippen LogP contribution in [0.5, 0.6) is 0 Å². The first-order chi connectivity index (χ1) is 12.3. The van der Waals surface area contributed by atoms with Gasteiger partial charge in [0.1, 0.15) is 0 Å². The minimum Gasteiger partial charge on any atom is -0.298 e. The van der Waals surface area contributed by atoms with Gasteiger partial charge in [-0.1, -0.05) is 36.4 Å². The van der Waals surface area contributed by atoms with Gasteiger partial charge in [0.25, 0.3) is 0 Å². The number of hydrogen-bond acceptors (Lipinski definition) is 1. The van der Waals surface area contributed by atoms with Crippen molar-refractivity contribution in [3.63, 3.8) is 0 Å². The molecule has 2 aliphatic rings. The van der Waals surface area contributed by atoms with Gasteiger partial charge in [-0.05, 0) is 99.6 Å². The lowest BCUT2D eigenvalue weighted by atomic mass is 9.65. The average Bonchev–Trinajstić information content (AvgIpc) is 3.28. The summed E-state index contributed by atoms with van der Waals surface area (Å²) in [5, 5.41) is 0. The van der Waals surface area contributed by atoms with Gasteiger partial charge in [-0.15, -0.1) is 0 Å². The SMILES string of the molecule is CC(C)(C(=O)C(C)(C)c1cccc2c1CCC2)c1cccc2c1CCC2. The van der Waals surface area contributed by atoms with Crippen molar-refractivity contribution in [2.24, 2.45) is 0 Å². The number of fused-ring (bicyclic) bond motifs is 2. The van der Waals surface area contributed by atoms with Crippen LogP contribution < -0.4 is 0 Å². The van der Waals surface area contributed by atoms with E-state index in [1.54, 1.807) is 0 Å². The van der Waals surface area contributed by atoms with Crippen LogP contribution in [-0.4, -0.2) is 5.78 Å². The molecule has 0 aliphatic heterocycles. The second-order valence-corrected chi connectivity index (χ2v) is 9.17. The smallest absolute Gasteiger partial charge is 0.152 e. The van der Waals surface area contributed by atoms with Crippen LogP contribution in [0.4, 0.5) is 0 Å². The minimum absolute atomic E-state index is 0.339. The Hall–Kier alpha value is -1.89. The Morgan fingerprint density at radius 1 is 0.692 bits per heavy atom. The summed E-state index contributed by atoms with van der Waals surface area (Å²) in [5.41, 5.74) is 7.31. The summed E-state index contributed by atoms with van der Waals surface area (Å²) in [6.07, 6.45) is 6.97. The molecule has 0 N–H and O–H groups in total. The van der Waals surface area contributed by atoms with Gasteiger partial charge in [0, 0.05) is 10.8 Å². The Kier molecular flexibility index (Phi) is 4.10. The van der Waals surface area contributed by atoms with Gasteiger partial charge in [-0.2, -0.15) is 0 Å². The van der Waals surface area contributed by atoms with Crippen LogP contribution in [0.15, 0.2) is 36.4 Å². The second-order valence-electron chi connectivity index (χ2n) is 9.17. The number of carbonyl (C=O) groups excluding carboxylic acids is 1. The summed E-state index contributed by atoms with van der Waals surface area (Å²) in [6, 6.07) is 13.1. The van der Waals surface area contributed by atoms with Crippen molar-refractivity contribution in [1.82, 2.24) is 0 Å². The van der Waals surface area contributed by atoms with E-state index in [1.165, 1.54) is 46.2 Å². The normalized spacial score (nSPS) is 16.5. The third kappa shape index (κ3) is 2.55. The van der Waals surface area contributed by atoms with Crippen LogP contribution in [0.3, 0.4) is 0 Å². The standard InChI is InChI=1S/C25H30O/c1-24(2,21-15-7-11-17-9-5-13-19(17)21)23(26)25(3,4)22-16-8-12-18-10-6-14-20(18)22/h7-8,11-12,15-16H,5-6,9-10,13-14H2,1-4H3. The summed E-state index contributed by atoms with van der Waals surface area (Å²) >= 11 is 0. The summed E-state index contributed by atoms with van der Waals surface area (Å²) in [7, 11) is 0. The van der Waals surface area contributed by atoms with E-state index in [9.17, 15) is 4.79 Å². The topological polar surface area (TPSA) is 17.1 Å². The third-order valence-electron chi connectivity index (χ3n) is 6.77. The maximum Gasteiger partial charge on any atom is 0.152 e. The Bertz CT molecular complexity index is 798. The lowest BCUT2D eigenvalue weighted by Gasteiger charge is -2.36. The summed E-state index contributed by atoms with van der Waals surface area (Å²) < 4.78 is 0. The molecule has 0 aromatic heterocycles. The molecule has 136 valence electrons. The monoisotopic (exact) mass is 346 g/mol. The van der Waals surface area contributed by atoms with Gasteiger partial charge in [0.2, 0.25) is 0 Å². The number of benzene rings is 2. The molecule has 0 amide bonds. The molecule has 1 nitrogen and oxygen atoms in total. The fourth-order valence-corrected chi connectivity index (χ4v) is 5.44. The number of carbonyl (C=O) groups is 1. The number of hydrogen-bond donors (Lipinski definition) is 0. The van der Waals surface area contributed by atoms with E-state index in [4.69, 9.17) is 0 Å². The quantitative estimate of drug-likeness (QED) is 0.715. The van der Waals surface area contributed by atoms with E-state index < -0.39 is 10.8 Å². The molecule has 2 aromatic rings. The zero-order valence-electron chi connectivity index (χ0n) is 16.6. The molecule has 0 bridgehead atoms. The van der Waals surface area contributed by atoms with Crippen LogP contribution >= 0.6 is 0 Å². The van der Waals surface area contributed by atoms with E-state index in [0.717, 1.165) is 25.7 Å². The third-order valence-corrected chi connectivity index (χ3v) is 6.77. The fraction of sp³-hybridized carbons (Fsp3) is 0.480. The van der Waals surface area contributed by atoms with Crippen LogP contribution in [0.2, 0.25) is 0 Å². The molecular formula is C25H30O. The molecule has 0 radical (unpaired) electrons. The summed E-state index contributed by atoms with van der Waals surface area (Å²) in [4.78, 5) is 13.9. The fourth-order valence-electron chi connectivity index (χ4n) is 5.44. The highest BCUT2D eigenvalue weighted by atomic mass is 16.1. The zero-order valence-corrected chi connectivity index (χ0v) is 16.6. The largest absolute Gasteiger partial charge is 0.298 e. The van der Waals surface area contributed by atoms with Crippen molar-refractivity contribution in [3.8, 4) is 0 Å². The minimum atomic E-state index is -0.472. The Labute approximate surface area is 157 Å². The molecular weight excluding hydrogens is 316 g/mol. The molecule has 0 spiro atoms. The molecule has 4 rings (SSSR count). The maximum atomic E-state index is 13.9. The molecule has 1 heteroatoms. The van der Waals surface area contributed by atoms with Crippen molar-refractivity contribution < 1.29 is 4.79 Å². The second kappa shape index (κ2) is 6.08. The van der Waals surface area contributed by atoms with E-state index >= 15 is 0 Å². The average molecular weight is 347 g/mol. The van der Waals surface area contributed by atoms with Crippen LogP contribution in [-0.2, 0) is 41.3 Å². The van der Waals surface area contributed by atoms with E-state index in [-0.39, 0.29) is 0 Å². The van der Waals surface area contributed by atoms with Crippen molar-refractivity contribution in [3.05, 3.63) is 69.8 Å². The molecule has 0 unspecified atom stereocenters. The van der Waals surface area contributed by atoms with Crippen LogP contribution in [0.25, 0.3) is 0 Å². The van der Waals surface area contributed by atoms with E-state index in [0.29, 0.717) is 5.78 Å². The Balaban J connectivity index is 1.77. The molecule has 0 saturated carbocycles. The molecule has 0 fully saturated rings. The molecule has 0 atom stereocenters. The van der Waals surface area contributed by atoms with Crippen LogP contribution in [0, 0.1) is 0 Å². The van der Waals surface area contributed by atoms with Gasteiger partial charge in [0.05, 0.1) is 0 Å². The predicted molar refractivity (Wildman–Crippen MR) is 108 cm³/mol. The molecule has 26 heavy (non-hydrogen) atoms. The number of rotatable bonds is 4. The predicted octanol–water partition coefficient (Wildman–Crippen LogP) is 5.49. The molecule has 0 heterocycles. The van der Waals surface area contributed by atoms with Gasteiger partial charge >= 0.3 is 0 Å². The van der Waals surface area contributed by atoms with E-state index in [2.05, 4.69) is 64.1 Å². The van der Waals surface area contributed by atoms with Crippen LogP contribution in [0.1, 0.15) is 73.9 Å². The number of Topliss-reactive ketones (excluding diaryl/α,β-unsaturated/α-hetero) is 1. The lowest BCUT2D eigenvalue weighted by Crippen LogP contribution is -2.43. The molecule has 2 aliphatic carbocycles. The highest BCUT2D eigenvalue weighted by Gasteiger charge is 2.43. The van der Waals surface area contributed by atoms with Crippen molar-refractivity contribution in [2.45, 2.75) is 77.0 Å². The number of ketones is 1. The van der Waals surface area contributed by atoms with Crippen molar-refractivity contribution in [2.75, 3.05) is 0 Å². The molecule has 0 saturated heterocycles. The van der Waals surface area contributed by atoms with Crippen molar-refractivity contribution >= 4 is 5.78 Å². The Morgan fingerprint density at radius 2 is 1.12 bits per heavy atom. The van der Waals surface area contributed by atoms with Gasteiger partial charge < -0.3 is 0 Å². The summed E-state index contributed by atoms with van der Waals surface area (Å²) in [6.45, 7) is 8.53.